The number of aryl methyl sites for hydroxylation is 1. The average Bonchev–Trinajstić information content (AvgIpc) is 3.68. The van der Waals surface area contributed by atoms with E-state index in [4.69, 9.17) is 18.9 Å². The van der Waals surface area contributed by atoms with Gasteiger partial charge in [-0.3, -0.25) is 14.6 Å². The summed E-state index contributed by atoms with van der Waals surface area (Å²) in [5.41, 5.74) is 1.96. The number of nitrogens with zero attached hydrogens (tertiary/aromatic N) is 3. The molecule has 2 fully saturated rings. The second-order valence-electron chi connectivity index (χ2n) is 10.6. The number of ether oxygens (including phenoxy) is 2. The quantitative estimate of drug-likeness (QED) is 0.318. The van der Waals surface area contributed by atoms with Crippen molar-refractivity contribution in [3.8, 4) is 23.0 Å². The summed E-state index contributed by atoms with van der Waals surface area (Å²) in [6.45, 7) is 8.54. The van der Waals surface area contributed by atoms with Crippen molar-refractivity contribution < 1.29 is 13.9 Å². The summed E-state index contributed by atoms with van der Waals surface area (Å²) < 4.78 is 19.6. The number of nitrogens with one attached hydrogen (secondary N) is 2. The van der Waals surface area contributed by atoms with Gasteiger partial charge in [0.05, 0.1) is 30.1 Å². The Morgan fingerprint density at radius 3 is 2.68 bits per heavy atom. The van der Waals surface area contributed by atoms with Crippen molar-refractivity contribution in [2.45, 2.75) is 45.6 Å². The third-order valence-corrected chi connectivity index (χ3v) is 7.92. The van der Waals surface area contributed by atoms with Gasteiger partial charge < -0.3 is 24.1 Å². The van der Waals surface area contributed by atoms with E-state index in [1.165, 1.54) is 25.9 Å². The average molecular weight is 520 g/mol. The van der Waals surface area contributed by atoms with Gasteiger partial charge in [0.1, 0.15) is 11.5 Å². The molecule has 0 bridgehead atoms. The molecule has 0 spiro atoms. The van der Waals surface area contributed by atoms with E-state index in [0.717, 1.165) is 61.1 Å². The van der Waals surface area contributed by atoms with Crippen molar-refractivity contribution in [2.75, 3.05) is 46.4 Å². The molecule has 0 unspecified atom stereocenters. The van der Waals surface area contributed by atoms with Gasteiger partial charge >= 0.3 is 0 Å². The number of furan rings is 1. The van der Waals surface area contributed by atoms with Gasteiger partial charge in [0, 0.05) is 24.5 Å². The first-order chi connectivity index (χ1) is 18.6. The van der Waals surface area contributed by atoms with Crippen LogP contribution in [0.25, 0.3) is 33.3 Å². The highest BCUT2D eigenvalue weighted by Gasteiger charge is 2.23. The number of fused-ring (bicyclic) bond motifs is 3. The van der Waals surface area contributed by atoms with E-state index in [2.05, 4.69) is 15.3 Å². The third-order valence-electron chi connectivity index (χ3n) is 7.92. The summed E-state index contributed by atoms with van der Waals surface area (Å²) in [6, 6.07) is 7.63. The van der Waals surface area contributed by atoms with Crippen LogP contribution in [0.2, 0.25) is 0 Å². The fourth-order valence-electron chi connectivity index (χ4n) is 5.86. The molecule has 202 valence electrons. The maximum absolute atomic E-state index is 13.7. The normalized spacial score (nSPS) is 17.1. The Labute approximate surface area is 222 Å². The van der Waals surface area contributed by atoms with Gasteiger partial charge in [-0.05, 0) is 89.3 Å². The molecule has 2 N–H and O–H groups in total. The summed E-state index contributed by atoms with van der Waals surface area (Å²) in [5.74, 6) is 3.10. The van der Waals surface area contributed by atoms with Crippen LogP contribution >= 0.6 is 0 Å². The van der Waals surface area contributed by atoms with Crippen LogP contribution in [-0.2, 0) is 6.54 Å². The first kappa shape index (κ1) is 25.0. The fraction of sp³-hybridized carbons (Fsp3) is 0.517. The van der Waals surface area contributed by atoms with E-state index in [9.17, 15) is 4.79 Å². The van der Waals surface area contributed by atoms with Gasteiger partial charge in [0.25, 0.3) is 5.56 Å². The molecular formula is C29H37N5O4. The second-order valence-corrected chi connectivity index (χ2v) is 10.6. The minimum absolute atomic E-state index is 0.0711. The molecule has 9 nitrogen and oxygen atoms in total. The number of pyridine rings is 1. The Morgan fingerprint density at radius 2 is 1.95 bits per heavy atom. The van der Waals surface area contributed by atoms with Crippen LogP contribution in [0.15, 0.2) is 33.5 Å². The summed E-state index contributed by atoms with van der Waals surface area (Å²) >= 11 is 0. The molecule has 1 aromatic carbocycles. The summed E-state index contributed by atoms with van der Waals surface area (Å²) in [5, 5.41) is 8.20. The standard InChI is InChI=1S/C29H37N5O4/c1-19-6-7-23(38-19)28-26-27(32-34(29(26)35)18-20-8-10-30-11-9-20)21-16-24(36-2)25(17-22(21)31-28)37-15-5-14-33-12-3-4-13-33/h6-7,16-17,20,30,32H,3-5,8-15,18H2,1-2H3. The topological polar surface area (TPSA) is 97.6 Å². The number of likely N-dealkylation sites (tertiary alicyclic amines) is 1. The fourth-order valence-corrected chi connectivity index (χ4v) is 5.86. The Balaban J connectivity index is 1.39. The SMILES string of the molecule is COc1cc2c(cc1OCCCN1CCCC1)nc(-c1ccc(C)o1)c1c(=O)n(CC3CCNCC3)[nH]c12. The van der Waals surface area contributed by atoms with Gasteiger partial charge in [-0.15, -0.1) is 0 Å². The largest absolute Gasteiger partial charge is 0.493 e. The number of hydrogen-bond donors (Lipinski definition) is 2. The van der Waals surface area contributed by atoms with E-state index in [0.29, 0.717) is 47.4 Å². The molecule has 38 heavy (non-hydrogen) atoms. The second kappa shape index (κ2) is 10.8. The number of methoxy groups -OCH3 is 1. The van der Waals surface area contributed by atoms with E-state index in [1.54, 1.807) is 11.8 Å². The third kappa shape index (κ3) is 4.92. The first-order valence-electron chi connectivity index (χ1n) is 13.9. The highest BCUT2D eigenvalue weighted by Crippen LogP contribution is 2.37. The Morgan fingerprint density at radius 1 is 1.13 bits per heavy atom. The molecule has 0 atom stereocenters. The van der Waals surface area contributed by atoms with Crippen LogP contribution in [0.1, 0.15) is 37.9 Å². The molecule has 0 radical (unpaired) electrons. The first-order valence-corrected chi connectivity index (χ1v) is 13.9. The zero-order valence-electron chi connectivity index (χ0n) is 22.3. The van der Waals surface area contributed by atoms with E-state index in [-0.39, 0.29) is 5.56 Å². The van der Waals surface area contributed by atoms with Gasteiger partial charge in [-0.2, -0.15) is 0 Å². The number of aromatic nitrogens is 3. The lowest BCUT2D eigenvalue weighted by atomic mass is 9.98. The Kier molecular flexibility index (Phi) is 7.12. The number of piperidine rings is 1. The van der Waals surface area contributed by atoms with Gasteiger partial charge in [-0.25, -0.2) is 4.98 Å². The number of hydrogen-bond acceptors (Lipinski definition) is 7. The van der Waals surface area contributed by atoms with Crippen LogP contribution in [0.5, 0.6) is 11.5 Å². The summed E-state index contributed by atoms with van der Waals surface area (Å²) in [7, 11) is 1.65. The van der Waals surface area contributed by atoms with Crippen LogP contribution in [0.3, 0.4) is 0 Å². The van der Waals surface area contributed by atoms with Gasteiger partial charge in [0.15, 0.2) is 17.3 Å². The summed E-state index contributed by atoms with van der Waals surface area (Å²) in [6.07, 6.45) is 5.64. The van der Waals surface area contributed by atoms with Gasteiger partial charge in [0.2, 0.25) is 0 Å². The van der Waals surface area contributed by atoms with E-state index in [1.807, 2.05) is 31.2 Å². The lowest BCUT2D eigenvalue weighted by molar-refractivity contribution is 0.254. The molecule has 2 saturated heterocycles. The minimum Gasteiger partial charge on any atom is -0.493 e. The highest BCUT2D eigenvalue weighted by molar-refractivity contribution is 6.09. The number of benzene rings is 1. The maximum Gasteiger partial charge on any atom is 0.276 e. The van der Waals surface area contributed by atoms with Crippen molar-refractivity contribution in [3.63, 3.8) is 0 Å². The molecule has 5 heterocycles. The molecule has 2 aliphatic rings. The smallest absolute Gasteiger partial charge is 0.276 e. The Hall–Kier alpha value is -3.30. The zero-order valence-corrected chi connectivity index (χ0v) is 22.3. The molecule has 0 aliphatic carbocycles. The number of aromatic amines is 1. The molecule has 0 amide bonds. The molecule has 9 heteroatoms. The zero-order chi connectivity index (χ0) is 26.1. The molecule has 4 aromatic rings. The highest BCUT2D eigenvalue weighted by atomic mass is 16.5. The van der Waals surface area contributed by atoms with Crippen LogP contribution < -0.4 is 20.3 Å². The number of rotatable bonds is 9. The monoisotopic (exact) mass is 519 g/mol. The van der Waals surface area contributed by atoms with Crippen molar-refractivity contribution in [3.05, 3.63) is 40.4 Å². The molecule has 6 rings (SSSR count). The van der Waals surface area contributed by atoms with Crippen LogP contribution in [0.4, 0.5) is 0 Å². The molecule has 0 saturated carbocycles. The minimum atomic E-state index is -0.0711. The lowest BCUT2D eigenvalue weighted by Crippen LogP contribution is -2.32. The molecular weight excluding hydrogens is 482 g/mol. The lowest BCUT2D eigenvalue weighted by Gasteiger charge is -2.22. The van der Waals surface area contributed by atoms with Crippen LogP contribution in [-0.4, -0.2) is 66.1 Å². The summed E-state index contributed by atoms with van der Waals surface area (Å²) in [4.78, 5) is 21.2. The van der Waals surface area contributed by atoms with Crippen molar-refractivity contribution in [2.24, 2.45) is 5.92 Å². The van der Waals surface area contributed by atoms with Crippen molar-refractivity contribution in [1.29, 1.82) is 0 Å². The molecule has 3 aromatic heterocycles. The van der Waals surface area contributed by atoms with E-state index < -0.39 is 0 Å². The number of H-pyrrole nitrogens is 1. The Bertz CT molecular complexity index is 1470. The molecule has 2 aliphatic heterocycles. The van der Waals surface area contributed by atoms with Crippen molar-refractivity contribution >= 4 is 21.8 Å². The van der Waals surface area contributed by atoms with Crippen LogP contribution in [0, 0.1) is 12.8 Å². The van der Waals surface area contributed by atoms with Gasteiger partial charge in [-0.1, -0.05) is 0 Å². The predicted molar refractivity (Wildman–Crippen MR) is 148 cm³/mol. The van der Waals surface area contributed by atoms with Crippen molar-refractivity contribution in [1.82, 2.24) is 25.0 Å². The predicted octanol–water partition coefficient (Wildman–Crippen LogP) is 4.32. The van der Waals surface area contributed by atoms with E-state index >= 15 is 0 Å². The maximum atomic E-state index is 13.7.